The zero-order valence-corrected chi connectivity index (χ0v) is 18.1. The van der Waals surface area contributed by atoms with E-state index in [1.807, 2.05) is 0 Å². The van der Waals surface area contributed by atoms with Crippen LogP contribution in [0.15, 0.2) is 103 Å². The Labute approximate surface area is 190 Å². The SMILES string of the molecule is Cc1ccc2ccn3c(-c4ccc(-n5c6ccccc6c6ccccc65)cc4)nnc3c2c1. The monoisotopic (exact) mass is 424 g/mol. The molecule has 0 spiro atoms. The lowest BCUT2D eigenvalue weighted by Crippen LogP contribution is -1.95. The maximum atomic E-state index is 4.54. The van der Waals surface area contributed by atoms with E-state index in [2.05, 4.69) is 129 Å². The van der Waals surface area contributed by atoms with Gasteiger partial charge in [-0.2, -0.15) is 0 Å². The van der Waals surface area contributed by atoms with Crippen LogP contribution < -0.4 is 0 Å². The highest BCUT2D eigenvalue weighted by molar-refractivity contribution is 6.09. The van der Waals surface area contributed by atoms with Gasteiger partial charge in [0.1, 0.15) is 0 Å². The minimum absolute atomic E-state index is 0.849. The van der Waals surface area contributed by atoms with Gasteiger partial charge in [-0.3, -0.25) is 4.40 Å². The van der Waals surface area contributed by atoms with E-state index in [1.54, 1.807) is 0 Å². The number of hydrogen-bond donors (Lipinski definition) is 0. The largest absolute Gasteiger partial charge is 0.309 e. The Balaban J connectivity index is 1.39. The summed E-state index contributed by atoms with van der Waals surface area (Å²) in [6, 6.07) is 34.3. The molecule has 4 nitrogen and oxygen atoms in total. The summed E-state index contributed by atoms with van der Waals surface area (Å²) >= 11 is 0. The highest BCUT2D eigenvalue weighted by Crippen LogP contribution is 2.32. The number of nitrogens with zero attached hydrogens (tertiary/aromatic N) is 4. The van der Waals surface area contributed by atoms with Gasteiger partial charge in [0.2, 0.25) is 0 Å². The standard InChI is InChI=1S/C29H20N4/c1-19-10-11-20-16-17-32-28(30-31-29(32)25(20)18-19)21-12-14-22(15-13-21)33-26-8-4-2-6-23(26)24-7-3-5-9-27(24)33/h2-18H,1H3. The molecule has 0 bridgehead atoms. The van der Waals surface area contributed by atoms with Crippen molar-refractivity contribution in [1.82, 2.24) is 19.2 Å². The minimum Gasteiger partial charge on any atom is -0.309 e. The van der Waals surface area contributed by atoms with Crippen LogP contribution in [0.25, 0.3) is 55.3 Å². The maximum absolute atomic E-state index is 4.54. The number of aryl methyl sites for hydroxylation is 1. The van der Waals surface area contributed by atoms with E-state index >= 15 is 0 Å². The predicted octanol–water partition coefficient (Wildman–Crippen LogP) is 6.96. The Hall–Kier alpha value is -4.44. The molecule has 3 heterocycles. The fourth-order valence-corrected chi connectivity index (χ4v) is 4.94. The zero-order valence-electron chi connectivity index (χ0n) is 18.1. The van der Waals surface area contributed by atoms with Crippen LogP contribution in [0.2, 0.25) is 0 Å². The van der Waals surface area contributed by atoms with Crippen LogP contribution in [0.5, 0.6) is 0 Å². The van der Waals surface area contributed by atoms with Gasteiger partial charge >= 0.3 is 0 Å². The predicted molar refractivity (Wildman–Crippen MR) is 135 cm³/mol. The van der Waals surface area contributed by atoms with Crippen LogP contribution in [-0.4, -0.2) is 19.2 Å². The molecule has 0 N–H and O–H groups in total. The number of para-hydroxylation sites is 2. The Kier molecular flexibility index (Phi) is 3.73. The molecule has 0 radical (unpaired) electrons. The molecular weight excluding hydrogens is 404 g/mol. The third-order valence-corrected chi connectivity index (χ3v) is 6.51. The summed E-state index contributed by atoms with van der Waals surface area (Å²) < 4.78 is 4.41. The smallest absolute Gasteiger partial charge is 0.168 e. The topological polar surface area (TPSA) is 35.1 Å². The second kappa shape index (κ2) is 6.78. The van der Waals surface area contributed by atoms with E-state index in [1.165, 1.54) is 32.8 Å². The van der Waals surface area contributed by atoms with Crippen LogP contribution in [-0.2, 0) is 0 Å². The van der Waals surface area contributed by atoms with E-state index in [9.17, 15) is 0 Å². The molecule has 33 heavy (non-hydrogen) atoms. The van der Waals surface area contributed by atoms with Gasteiger partial charge in [-0.15, -0.1) is 10.2 Å². The minimum atomic E-state index is 0.849. The Morgan fingerprint density at radius 2 is 1.33 bits per heavy atom. The highest BCUT2D eigenvalue weighted by Gasteiger charge is 2.14. The van der Waals surface area contributed by atoms with Crippen molar-refractivity contribution in [3.05, 3.63) is 109 Å². The van der Waals surface area contributed by atoms with Crippen molar-refractivity contribution in [2.45, 2.75) is 6.92 Å². The molecule has 0 aliphatic heterocycles. The lowest BCUT2D eigenvalue weighted by molar-refractivity contribution is 1.11. The molecular formula is C29H20N4. The fourth-order valence-electron chi connectivity index (χ4n) is 4.94. The average Bonchev–Trinajstić information content (AvgIpc) is 3.44. The molecule has 7 aromatic rings. The first kappa shape index (κ1) is 18.2. The van der Waals surface area contributed by atoms with Crippen molar-refractivity contribution in [3.63, 3.8) is 0 Å². The van der Waals surface area contributed by atoms with Gasteiger partial charge in [0.25, 0.3) is 0 Å². The molecule has 0 saturated heterocycles. The van der Waals surface area contributed by atoms with Crippen molar-refractivity contribution >= 4 is 38.2 Å². The van der Waals surface area contributed by atoms with Gasteiger partial charge in [0.15, 0.2) is 11.5 Å². The maximum Gasteiger partial charge on any atom is 0.168 e. The van der Waals surface area contributed by atoms with Crippen molar-refractivity contribution < 1.29 is 0 Å². The van der Waals surface area contributed by atoms with Crippen molar-refractivity contribution in [3.8, 4) is 17.1 Å². The summed E-state index contributed by atoms with van der Waals surface area (Å²) in [7, 11) is 0. The summed E-state index contributed by atoms with van der Waals surface area (Å²) in [4.78, 5) is 0. The van der Waals surface area contributed by atoms with Gasteiger partial charge < -0.3 is 4.57 Å². The van der Waals surface area contributed by atoms with Crippen LogP contribution >= 0.6 is 0 Å². The number of fused-ring (bicyclic) bond motifs is 6. The summed E-state index contributed by atoms with van der Waals surface area (Å²) in [6.07, 6.45) is 2.06. The molecule has 0 amide bonds. The van der Waals surface area contributed by atoms with Gasteiger partial charge in [-0.05, 0) is 60.8 Å². The molecule has 0 unspecified atom stereocenters. The first-order valence-corrected chi connectivity index (χ1v) is 11.1. The first-order valence-electron chi connectivity index (χ1n) is 11.1. The highest BCUT2D eigenvalue weighted by atomic mass is 15.2. The van der Waals surface area contributed by atoms with Crippen molar-refractivity contribution in [1.29, 1.82) is 0 Å². The van der Waals surface area contributed by atoms with Crippen LogP contribution in [0.1, 0.15) is 5.56 Å². The summed E-state index contributed by atoms with van der Waals surface area (Å²) in [5, 5.41) is 13.9. The third-order valence-electron chi connectivity index (χ3n) is 6.51. The van der Waals surface area contributed by atoms with Gasteiger partial charge in [-0.25, -0.2) is 0 Å². The van der Waals surface area contributed by atoms with Gasteiger partial charge in [0.05, 0.1) is 11.0 Å². The Morgan fingerprint density at radius 1 is 0.636 bits per heavy atom. The van der Waals surface area contributed by atoms with Crippen LogP contribution in [0.3, 0.4) is 0 Å². The molecule has 3 aromatic heterocycles. The lowest BCUT2D eigenvalue weighted by atomic mass is 10.1. The average molecular weight is 425 g/mol. The Bertz CT molecular complexity index is 1770. The van der Waals surface area contributed by atoms with Crippen LogP contribution in [0.4, 0.5) is 0 Å². The molecule has 7 rings (SSSR count). The molecule has 0 atom stereocenters. The van der Waals surface area contributed by atoms with E-state index in [-0.39, 0.29) is 0 Å². The van der Waals surface area contributed by atoms with E-state index < -0.39 is 0 Å². The fraction of sp³-hybridized carbons (Fsp3) is 0.0345. The molecule has 4 heteroatoms. The van der Waals surface area contributed by atoms with Crippen molar-refractivity contribution in [2.75, 3.05) is 0 Å². The third kappa shape index (κ3) is 2.64. The molecule has 0 saturated carbocycles. The second-order valence-electron chi connectivity index (χ2n) is 8.54. The number of pyridine rings is 1. The number of hydrogen-bond acceptors (Lipinski definition) is 2. The van der Waals surface area contributed by atoms with E-state index in [0.29, 0.717) is 0 Å². The zero-order chi connectivity index (χ0) is 21.9. The molecule has 0 fully saturated rings. The molecule has 4 aromatic carbocycles. The van der Waals surface area contributed by atoms with Crippen molar-refractivity contribution in [2.24, 2.45) is 0 Å². The van der Waals surface area contributed by atoms with Crippen LogP contribution in [0, 0.1) is 6.92 Å². The molecule has 156 valence electrons. The Morgan fingerprint density at radius 3 is 2.06 bits per heavy atom. The number of rotatable bonds is 2. The van der Waals surface area contributed by atoms with Gasteiger partial charge in [-0.1, -0.05) is 54.1 Å². The molecule has 0 aliphatic rings. The second-order valence-corrected chi connectivity index (χ2v) is 8.54. The summed E-state index contributed by atoms with van der Waals surface area (Å²) in [6.45, 7) is 2.10. The lowest BCUT2D eigenvalue weighted by Gasteiger charge is -2.09. The number of aromatic nitrogens is 4. The summed E-state index contributed by atoms with van der Waals surface area (Å²) in [5.74, 6) is 0.849. The van der Waals surface area contributed by atoms with E-state index in [4.69, 9.17) is 0 Å². The van der Waals surface area contributed by atoms with E-state index in [0.717, 1.165) is 28.1 Å². The molecule has 0 aliphatic carbocycles. The normalized spacial score (nSPS) is 11.8. The quantitative estimate of drug-likeness (QED) is 0.301. The summed E-state index contributed by atoms with van der Waals surface area (Å²) in [5.41, 5.74) is 6.70. The number of benzene rings is 4. The van der Waals surface area contributed by atoms with Gasteiger partial charge in [0, 0.05) is 33.6 Å². The first-order chi connectivity index (χ1) is 16.3.